The van der Waals surface area contributed by atoms with Crippen LogP contribution >= 0.6 is 11.3 Å². The minimum atomic E-state index is 0.458. The van der Waals surface area contributed by atoms with Crippen molar-refractivity contribution >= 4 is 21.6 Å². The second-order valence-electron chi connectivity index (χ2n) is 4.68. The zero-order chi connectivity index (χ0) is 14.1. The van der Waals surface area contributed by atoms with Crippen LogP contribution in [0.1, 0.15) is 17.4 Å². The van der Waals surface area contributed by atoms with Crippen LogP contribution in [0, 0.1) is 13.8 Å². The van der Waals surface area contributed by atoms with Crippen LogP contribution in [-0.2, 0) is 0 Å². The molecule has 0 fully saturated rings. The molecule has 2 heterocycles. The third kappa shape index (κ3) is 2.27. The average Bonchev–Trinajstić information content (AvgIpc) is 2.79. The summed E-state index contributed by atoms with van der Waals surface area (Å²) in [5.74, 6) is 0. The molecule has 0 aliphatic heterocycles. The second-order valence-corrected chi connectivity index (χ2v) is 5.91. The molecule has 2 aromatic heterocycles. The highest BCUT2D eigenvalue weighted by atomic mass is 32.1. The molecule has 0 aliphatic carbocycles. The number of fused-ring (bicyclic) bond motifs is 1. The average molecular weight is 284 g/mol. The van der Waals surface area contributed by atoms with E-state index in [2.05, 4.69) is 42.0 Å². The van der Waals surface area contributed by atoms with Gasteiger partial charge in [0.25, 0.3) is 0 Å². The van der Waals surface area contributed by atoms with E-state index in [1.807, 2.05) is 19.1 Å². The lowest BCUT2D eigenvalue weighted by Gasteiger charge is -2.08. The SMILES string of the molecule is CCOc1nc(-c2ccccc2C)c2cc(C)sc2n1. The molecule has 0 unspecified atom stereocenters. The van der Waals surface area contributed by atoms with Gasteiger partial charge >= 0.3 is 6.01 Å². The van der Waals surface area contributed by atoms with Crippen molar-refractivity contribution in [1.29, 1.82) is 0 Å². The number of hydrogen-bond acceptors (Lipinski definition) is 4. The fraction of sp³-hybridized carbons (Fsp3) is 0.250. The van der Waals surface area contributed by atoms with Crippen molar-refractivity contribution in [3.05, 3.63) is 40.8 Å². The summed E-state index contributed by atoms with van der Waals surface area (Å²) in [7, 11) is 0. The molecular formula is C16H16N2OS. The van der Waals surface area contributed by atoms with Crippen LogP contribution in [0.3, 0.4) is 0 Å². The number of hydrogen-bond donors (Lipinski definition) is 0. The smallest absolute Gasteiger partial charge is 0.318 e. The van der Waals surface area contributed by atoms with E-state index in [0.29, 0.717) is 12.6 Å². The summed E-state index contributed by atoms with van der Waals surface area (Å²) in [6.07, 6.45) is 0. The number of aromatic nitrogens is 2. The van der Waals surface area contributed by atoms with Gasteiger partial charge in [-0.1, -0.05) is 24.3 Å². The summed E-state index contributed by atoms with van der Waals surface area (Å²) in [6.45, 7) is 6.71. The van der Waals surface area contributed by atoms with Gasteiger partial charge in [0, 0.05) is 15.8 Å². The summed E-state index contributed by atoms with van der Waals surface area (Å²) >= 11 is 1.68. The van der Waals surface area contributed by atoms with Crippen LogP contribution in [0.2, 0.25) is 0 Å². The molecule has 3 aromatic rings. The molecule has 1 aromatic carbocycles. The number of rotatable bonds is 3. The first-order valence-electron chi connectivity index (χ1n) is 6.66. The minimum absolute atomic E-state index is 0.458. The van der Waals surface area contributed by atoms with E-state index in [4.69, 9.17) is 4.74 Å². The van der Waals surface area contributed by atoms with Gasteiger partial charge < -0.3 is 4.74 Å². The van der Waals surface area contributed by atoms with Crippen molar-refractivity contribution in [1.82, 2.24) is 9.97 Å². The molecule has 4 heteroatoms. The Morgan fingerprint density at radius 3 is 2.70 bits per heavy atom. The summed E-state index contributed by atoms with van der Waals surface area (Å²) in [6, 6.07) is 10.9. The Bertz CT molecular complexity index is 764. The number of benzene rings is 1. The molecule has 0 saturated heterocycles. The largest absolute Gasteiger partial charge is 0.464 e. The van der Waals surface area contributed by atoms with Crippen molar-refractivity contribution in [3.63, 3.8) is 0 Å². The molecule has 0 aliphatic rings. The number of ether oxygens (including phenoxy) is 1. The van der Waals surface area contributed by atoms with Crippen LogP contribution < -0.4 is 4.74 Å². The van der Waals surface area contributed by atoms with Gasteiger partial charge in [-0.15, -0.1) is 11.3 Å². The van der Waals surface area contributed by atoms with E-state index in [0.717, 1.165) is 21.5 Å². The molecule has 0 N–H and O–H groups in total. The third-order valence-electron chi connectivity index (χ3n) is 3.17. The quantitative estimate of drug-likeness (QED) is 0.716. The molecule has 0 amide bonds. The molecule has 3 nitrogen and oxygen atoms in total. The van der Waals surface area contributed by atoms with Gasteiger partial charge in [-0.25, -0.2) is 0 Å². The zero-order valence-electron chi connectivity index (χ0n) is 11.8. The maximum Gasteiger partial charge on any atom is 0.318 e. The molecule has 102 valence electrons. The van der Waals surface area contributed by atoms with Gasteiger partial charge in [0.1, 0.15) is 4.83 Å². The normalized spacial score (nSPS) is 10.9. The van der Waals surface area contributed by atoms with E-state index in [-0.39, 0.29) is 0 Å². The highest BCUT2D eigenvalue weighted by Gasteiger charge is 2.14. The van der Waals surface area contributed by atoms with E-state index in [1.165, 1.54) is 10.4 Å². The number of thiophene rings is 1. The summed E-state index contributed by atoms with van der Waals surface area (Å²) in [5.41, 5.74) is 3.30. The van der Waals surface area contributed by atoms with E-state index >= 15 is 0 Å². The second kappa shape index (κ2) is 5.21. The first kappa shape index (κ1) is 13.1. The summed E-state index contributed by atoms with van der Waals surface area (Å²) in [4.78, 5) is 11.3. The fourth-order valence-corrected chi connectivity index (χ4v) is 3.13. The molecule has 0 spiro atoms. The van der Waals surface area contributed by atoms with Gasteiger partial charge in [0.05, 0.1) is 12.3 Å². The molecule has 20 heavy (non-hydrogen) atoms. The van der Waals surface area contributed by atoms with E-state index < -0.39 is 0 Å². The summed E-state index contributed by atoms with van der Waals surface area (Å²) in [5, 5.41) is 1.10. The monoisotopic (exact) mass is 284 g/mol. The third-order valence-corrected chi connectivity index (χ3v) is 4.11. The van der Waals surface area contributed by atoms with E-state index in [1.54, 1.807) is 11.3 Å². The van der Waals surface area contributed by atoms with Crippen LogP contribution in [-0.4, -0.2) is 16.6 Å². The lowest BCUT2D eigenvalue weighted by molar-refractivity contribution is 0.314. The molecule has 0 saturated carbocycles. The molecular weight excluding hydrogens is 268 g/mol. The van der Waals surface area contributed by atoms with Gasteiger partial charge in [0.2, 0.25) is 0 Å². The Morgan fingerprint density at radius 1 is 1.15 bits per heavy atom. The molecule has 0 radical (unpaired) electrons. The molecule has 3 rings (SSSR count). The fourth-order valence-electron chi connectivity index (χ4n) is 2.26. The van der Waals surface area contributed by atoms with Crippen LogP contribution in [0.15, 0.2) is 30.3 Å². The van der Waals surface area contributed by atoms with Gasteiger partial charge in [-0.3, -0.25) is 0 Å². The minimum Gasteiger partial charge on any atom is -0.464 e. The topological polar surface area (TPSA) is 35.0 Å². The predicted molar refractivity (Wildman–Crippen MR) is 83.5 cm³/mol. The van der Waals surface area contributed by atoms with Crippen molar-refractivity contribution in [2.45, 2.75) is 20.8 Å². The maximum atomic E-state index is 5.51. The first-order chi connectivity index (χ1) is 9.69. The lowest BCUT2D eigenvalue weighted by atomic mass is 10.0. The van der Waals surface area contributed by atoms with Gasteiger partial charge in [0.15, 0.2) is 0 Å². The highest BCUT2D eigenvalue weighted by molar-refractivity contribution is 7.18. The number of aryl methyl sites for hydroxylation is 2. The van der Waals surface area contributed by atoms with Gasteiger partial charge in [-0.2, -0.15) is 9.97 Å². The molecule has 0 atom stereocenters. The summed E-state index contributed by atoms with van der Waals surface area (Å²) < 4.78 is 5.51. The van der Waals surface area contributed by atoms with Crippen molar-refractivity contribution in [3.8, 4) is 17.3 Å². The first-order valence-corrected chi connectivity index (χ1v) is 7.47. The van der Waals surface area contributed by atoms with Crippen molar-refractivity contribution < 1.29 is 4.74 Å². The van der Waals surface area contributed by atoms with Gasteiger partial charge in [-0.05, 0) is 32.4 Å². The maximum absolute atomic E-state index is 5.51. The zero-order valence-corrected chi connectivity index (χ0v) is 12.6. The van der Waals surface area contributed by atoms with Crippen LogP contribution in [0.25, 0.3) is 21.5 Å². The van der Waals surface area contributed by atoms with E-state index in [9.17, 15) is 0 Å². The van der Waals surface area contributed by atoms with Crippen LogP contribution in [0.5, 0.6) is 6.01 Å². The van der Waals surface area contributed by atoms with Crippen molar-refractivity contribution in [2.24, 2.45) is 0 Å². The Kier molecular flexibility index (Phi) is 3.40. The van der Waals surface area contributed by atoms with Crippen molar-refractivity contribution in [2.75, 3.05) is 6.61 Å². The molecule has 0 bridgehead atoms. The Balaban J connectivity index is 2.29. The van der Waals surface area contributed by atoms with Crippen LogP contribution in [0.4, 0.5) is 0 Å². The highest BCUT2D eigenvalue weighted by Crippen LogP contribution is 2.34. The lowest BCUT2D eigenvalue weighted by Crippen LogP contribution is -1.99. The Labute approximate surface area is 122 Å². The Morgan fingerprint density at radius 2 is 1.95 bits per heavy atom. The predicted octanol–water partition coefficient (Wildman–Crippen LogP) is 4.37. The Hall–Kier alpha value is -1.94. The number of nitrogens with zero attached hydrogens (tertiary/aromatic N) is 2. The standard InChI is InChI=1S/C16H16N2OS/c1-4-19-16-17-14(12-8-6-5-7-10(12)2)13-9-11(3)20-15(13)18-16/h5-9H,4H2,1-3H3.